The molecule has 0 radical (unpaired) electrons. The van der Waals surface area contributed by atoms with Gasteiger partial charge in [-0.1, -0.05) is 0 Å². The zero-order chi connectivity index (χ0) is 15.0. The van der Waals surface area contributed by atoms with Gasteiger partial charge in [-0.2, -0.15) is 5.10 Å². The molecule has 1 aliphatic carbocycles. The summed E-state index contributed by atoms with van der Waals surface area (Å²) in [6, 6.07) is 0. The van der Waals surface area contributed by atoms with Crippen LogP contribution in [0.5, 0.6) is 0 Å². The molecule has 3 unspecified atom stereocenters. The molecule has 0 bridgehead atoms. The third kappa shape index (κ3) is 2.70. The predicted octanol–water partition coefficient (Wildman–Crippen LogP) is 0.800. The van der Waals surface area contributed by atoms with Crippen LogP contribution in [0.15, 0.2) is 6.20 Å². The summed E-state index contributed by atoms with van der Waals surface area (Å²) in [7, 11) is 1.85. The van der Waals surface area contributed by atoms with Gasteiger partial charge < -0.3 is 9.84 Å². The lowest BCUT2D eigenvalue weighted by molar-refractivity contribution is 0.0523. The number of carbonyl (C=O) groups is 1. The maximum Gasteiger partial charge on any atom is 0.341 e. The second-order valence-corrected chi connectivity index (χ2v) is 6.11. The Balaban J connectivity index is 1.71. The fourth-order valence-corrected chi connectivity index (χ4v) is 3.70. The number of rotatable bonds is 4. The van der Waals surface area contributed by atoms with Gasteiger partial charge in [-0.05, 0) is 25.7 Å². The summed E-state index contributed by atoms with van der Waals surface area (Å²) in [4.78, 5) is 14.3. The zero-order valence-electron chi connectivity index (χ0n) is 12.7. The molecule has 21 heavy (non-hydrogen) atoms. The van der Waals surface area contributed by atoms with Crippen molar-refractivity contribution in [2.45, 2.75) is 32.4 Å². The Kier molecular flexibility index (Phi) is 3.99. The lowest BCUT2D eigenvalue weighted by Crippen LogP contribution is -2.26. The molecular formula is C15H23N3O3. The predicted molar refractivity (Wildman–Crippen MR) is 76.7 cm³/mol. The van der Waals surface area contributed by atoms with E-state index >= 15 is 0 Å². The molecule has 1 N–H and O–H groups in total. The molecule has 6 nitrogen and oxygen atoms in total. The van der Waals surface area contributed by atoms with E-state index in [2.05, 4.69) is 10.00 Å². The van der Waals surface area contributed by atoms with Crippen LogP contribution < -0.4 is 0 Å². The molecule has 2 heterocycles. The maximum absolute atomic E-state index is 12.0. The highest BCUT2D eigenvalue weighted by atomic mass is 16.5. The molecule has 3 rings (SSSR count). The standard InChI is InChI=1S/C15H23N3O3/c1-3-21-15(20)11-6-16-17(2)13(11)9-18-7-10-4-5-14(19)12(10)8-18/h6,10,12,14,19H,3-5,7-9H2,1-2H3. The smallest absolute Gasteiger partial charge is 0.341 e. The minimum absolute atomic E-state index is 0.156. The van der Waals surface area contributed by atoms with E-state index in [-0.39, 0.29) is 12.1 Å². The average Bonchev–Trinajstić information content (AvgIpc) is 3.10. The normalized spacial score (nSPS) is 28.8. The molecule has 0 aromatic carbocycles. The molecule has 3 atom stereocenters. The van der Waals surface area contributed by atoms with Crippen LogP contribution in [0.2, 0.25) is 0 Å². The Hall–Kier alpha value is -1.40. The number of likely N-dealkylation sites (tertiary alicyclic amines) is 1. The Bertz CT molecular complexity index is 528. The van der Waals surface area contributed by atoms with Gasteiger partial charge in [0, 0.05) is 32.6 Å². The van der Waals surface area contributed by atoms with Crippen molar-refractivity contribution in [2.24, 2.45) is 18.9 Å². The molecule has 2 fully saturated rings. The SMILES string of the molecule is CCOC(=O)c1cnn(C)c1CN1CC2CCC(O)C2C1. The second kappa shape index (κ2) is 5.77. The van der Waals surface area contributed by atoms with Gasteiger partial charge >= 0.3 is 5.97 Å². The van der Waals surface area contributed by atoms with E-state index < -0.39 is 0 Å². The average molecular weight is 293 g/mol. The molecule has 1 aromatic heterocycles. The maximum atomic E-state index is 12.0. The Morgan fingerprint density at radius 1 is 1.48 bits per heavy atom. The molecule has 1 aromatic rings. The Morgan fingerprint density at radius 3 is 3.00 bits per heavy atom. The van der Waals surface area contributed by atoms with Crippen molar-refractivity contribution in [2.75, 3.05) is 19.7 Å². The van der Waals surface area contributed by atoms with Crippen LogP contribution in [0.4, 0.5) is 0 Å². The van der Waals surface area contributed by atoms with Crippen LogP contribution in [0, 0.1) is 11.8 Å². The van der Waals surface area contributed by atoms with Crippen molar-refractivity contribution >= 4 is 5.97 Å². The lowest BCUT2D eigenvalue weighted by atomic mass is 10.00. The van der Waals surface area contributed by atoms with Crippen LogP contribution in [0.25, 0.3) is 0 Å². The summed E-state index contributed by atoms with van der Waals surface area (Å²) in [5.74, 6) is 0.684. The summed E-state index contributed by atoms with van der Waals surface area (Å²) in [5.41, 5.74) is 1.44. The molecule has 1 aliphatic heterocycles. The van der Waals surface area contributed by atoms with Crippen molar-refractivity contribution in [1.29, 1.82) is 0 Å². The minimum atomic E-state index is -0.306. The van der Waals surface area contributed by atoms with Gasteiger partial charge in [0.1, 0.15) is 5.56 Å². The van der Waals surface area contributed by atoms with E-state index in [4.69, 9.17) is 4.74 Å². The molecule has 116 valence electrons. The number of aromatic nitrogens is 2. The Labute approximate surface area is 124 Å². The van der Waals surface area contributed by atoms with E-state index in [1.54, 1.807) is 17.8 Å². The van der Waals surface area contributed by atoms with Gasteiger partial charge in [-0.3, -0.25) is 9.58 Å². The number of hydrogen-bond acceptors (Lipinski definition) is 5. The highest BCUT2D eigenvalue weighted by molar-refractivity contribution is 5.90. The van der Waals surface area contributed by atoms with Gasteiger partial charge in [-0.25, -0.2) is 4.79 Å². The van der Waals surface area contributed by atoms with Gasteiger partial charge in [0.05, 0.1) is 24.6 Å². The van der Waals surface area contributed by atoms with E-state index in [0.29, 0.717) is 30.6 Å². The van der Waals surface area contributed by atoms with Gasteiger partial charge in [0.15, 0.2) is 0 Å². The van der Waals surface area contributed by atoms with Crippen molar-refractivity contribution < 1.29 is 14.6 Å². The van der Waals surface area contributed by atoms with Gasteiger partial charge in [0.25, 0.3) is 0 Å². The molecular weight excluding hydrogens is 270 g/mol. The van der Waals surface area contributed by atoms with E-state index in [1.165, 1.54) is 0 Å². The van der Waals surface area contributed by atoms with Crippen LogP contribution in [0.3, 0.4) is 0 Å². The summed E-state index contributed by atoms with van der Waals surface area (Å²) in [6.45, 7) is 4.75. The highest BCUT2D eigenvalue weighted by Gasteiger charge is 2.42. The first-order chi connectivity index (χ1) is 10.1. The first-order valence-electron chi connectivity index (χ1n) is 7.68. The quantitative estimate of drug-likeness (QED) is 0.832. The fraction of sp³-hybridized carbons (Fsp3) is 0.733. The lowest BCUT2D eigenvalue weighted by Gasteiger charge is -2.18. The number of aliphatic hydroxyl groups excluding tert-OH is 1. The fourth-order valence-electron chi connectivity index (χ4n) is 3.70. The van der Waals surface area contributed by atoms with Crippen LogP contribution in [-0.4, -0.2) is 51.6 Å². The van der Waals surface area contributed by atoms with E-state index in [9.17, 15) is 9.90 Å². The van der Waals surface area contributed by atoms with E-state index in [0.717, 1.165) is 31.6 Å². The molecule has 6 heteroatoms. The minimum Gasteiger partial charge on any atom is -0.462 e. The van der Waals surface area contributed by atoms with Crippen LogP contribution >= 0.6 is 0 Å². The molecule has 1 saturated carbocycles. The number of aryl methyl sites for hydroxylation is 1. The molecule has 0 amide bonds. The molecule has 1 saturated heterocycles. The summed E-state index contributed by atoms with van der Waals surface area (Å²) < 4.78 is 6.83. The van der Waals surface area contributed by atoms with Crippen molar-refractivity contribution in [3.8, 4) is 0 Å². The number of nitrogens with zero attached hydrogens (tertiary/aromatic N) is 3. The third-order valence-corrected chi connectivity index (χ3v) is 4.82. The molecule has 0 spiro atoms. The number of fused-ring (bicyclic) bond motifs is 1. The zero-order valence-corrected chi connectivity index (χ0v) is 12.7. The van der Waals surface area contributed by atoms with E-state index in [1.807, 2.05) is 7.05 Å². The number of esters is 1. The topological polar surface area (TPSA) is 67.6 Å². The largest absolute Gasteiger partial charge is 0.462 e. The van der Waals surface area contributed by atoms with Crippen molar-refractivity contribution in [3.05, 3.63) is 17.5 Å². The summed E-state index contributed by atoms with van der Waals surface area (Å²) in [5, 5.41) is 14.2. The number of aliphatic hydroxyl groups is 1. The second-order valence-electron chi connectivity index (χ2n) is 6.11. The number of carbonyl (C=O) groups excluding carboxylic acids is 1. The van der Waals surface area contributed by atoms with Crippen LogP contribution in [0.1, 0.15) is 35.8 Å². The Morgan fingerprint density at radius 2 is 2.29 bits per heavy atom. The van der Waals surface area contributed by atoms with Gasteiger partial charge in [-0.15, -0.1) is 0 Å². The van der Waals surface area contributed by atoms with Crippen LogP contribution in [-0.2, 0) is 18.3 Å². The first-order valence-corrected chi connectivity index (χ1v) is 7.68. The van der Waals surface area contributed by atoms with Crippen molar-refractivity contribution in [3.63, 3.8) is 0 Å². The monoisotopic (exact) mass is 293 g/mol. The van der Waals surface area contributed by atoms with Crippen molar-refractivity contribution in [1.82, 2.24) is 14.7 Å². The highest BCUT2D eigenvalue weighted by Crippen LogP contribution is 2.38. The molecule has 2 aliphatic rings. The number of ether oxygens (including phenoxy) is 1. The summed E-state index contributed by atoms with van der Waals surface area (Å²) in [6.07, 6.45) is 3.47. The summed E-state index contributed by atoms with van der Waals surface area (Å²) >= 11 is 0. The first kappa shape index (κ1) is 14.5. The van der Waals surface area contributed by atoms with Gasteiger partial charge in [0.2, 0.25) is 0 Å². The number of hydrogen-bond donors (Lipinski definition) is 1. The third-order valence-electron chi connectivity index (χ3n) is 4.82.